The molecule has 27 heavy (non-hydrogen) atoms. The summed E-state index contributed by atoms with van der Waals surface area (Å²) in [6, 6.07) is 16.5. The lowest BCUT2D eigenvalue weighted by atomic mass is 9.81. The molecule has 2 aromatic carbocycles. The number of benzene rings is 2. The quantitative estimate of drug-likeness (QED) is 0.824. The first-order valence-corrected chi connectivity index (χ1v) is 9.87. The van der Waals surface area contributed by atoms with Gasteiger partial charge in [-0.15, -0.1) is 0 Å². The van der Waals surface area contributed by atoms with Gasteiger partial charge < -0.3 is 14.7 Å². The normalized spacial score (nSPS) is 17.0. The predicted molar refractivity (Wildman–Crippen MR) is 106 cm³/mol. The minimum atomic E-state index is -0.352. The second kappa shape index (κ2) is 7.73. The van der Waals surface area contributed by atoms with E-state index in [0.29, 0.717) is 12.5 Å². The Morgan fingerprint density at radius 1 is 1.11 bits per heavy atom. The topological polar surface area (TPSA) is 49.8 Å². The molecule has 2 aliphatic carbocycles. The monoisotopic (exact) mass is 365 g/mol. The van der Waals surface area contributed by atoms with Crippen LogP contribution in [0.4, 0.5) is 4.79 Å². The van der Waals surface area contributed by atoms with Crippen molar-refractivity contribution < 1.29 is 14.6 Å². The van der Waals surface area contributed by atoms with Crippen LogP contribution in [0.2, 0.25) is 0 Å². The smallest absolute Gasteiger partial charge is 0.409 e. The molecule has 0 heterocycles. The molecule has 0 saturated heterocycles. The van der Waals surface area contributed by atoms with Gasteiger partial charge in [0.25, 0.3) is 0 Å². The molecule has 1 unspecified atom stereocenters. The first kappa shape index (κ1) is 18.1. The third-order valence-corrected chi connectivity index (χ3v) is 6.21. The number of carbonyl (C=O) groups is 1. The summed E-state index contributed by atoms with van der Waals surface area (Å²) in [5.41, 5.74) is 4.87. The summed E-state index contributed by atoms with van der Waals surface area (Å²) in [7, 11) is 1.73. The number of carbonyl (C=O) groups excluding carboxylic acids is 1. The van der Waals surface area contributed by atoms with Gasteiger partial charge in [-0.05, 0) is 34.6 Å². The van der Waals surface area contributed by atoms with Crippen molar-refractivity contribution >= 4 is 6.09 Å². The highest BCUT2D eigenvalue weighted by Gasteiger charge is 2.31. The molecule has 2 aromatic rings. The minimum absolute atomic E-state index is 0.0167. The molecule has 4 heteroatoms. The van der Waals surface area contributed by atoms with Gasteiger partial charge in [-0.3, -0.25) is 0 Å². The number of hydrogen-bond donors (Lipinski definition) is 1. The van der Waals surface area contributed by atoms with Gasteiger partial charge in [0.15, 0.2) is 0 Å². The van der Waals surface area contributed by atoms with Crippen molar-refractivity contribution in [3.63, 3.8) is 0 Å². The largest absolute Gasteiger partial charge is 0.448 e. The van der Waals surface area contributed by atoms with E-state index in [0.717, 1.165) is 6.42 Å². The van der Waals surface area contributed by atoms with Gasteiger partial charge >= 0.3 is 6.09 Å². The lowest BCUT2D eigenvalue weighted by Crippen LogP contribution is -2.42. The predicted octanol–water partition coefficient (Wildman–Crippen LogP) is 4.42. The van der Waals surface area contributed by atoms with E-state index in [2.05, 4.69) is 24.3 Å². The molecule has 1 fully saturated rings. The summed E-state index contributed by atoms with van der Waals surface area (Å²) in [4.78, 5) is 14.2. The molecule has 1 atom stereocenters. The van der Waals surface area contributed by atoms with Crippen molar-refractivity contribution in [1.82, 2.24) is 4.90 Å². The van der Waals surface area contributed by atoms with Crippen LogP contribution in [0.25, 0.3) is 11.1 Å². The average molecular weight is 365 g/mol. The molecule has 0 spiro atoms. The number of ether oxygens (including phenoxy) is 1. The van der Waals surface area contributed by atoms with Crippen LogP contribution in [0.5, 0.6) is 0 Å². The average Bonchev–Trinajstić information content (AvgIpc) is 2.99. The van der Waals surface area contributed by atoms with Crippen molar-refractivity contribution in [2.75, 3.05) is 20.3 Å². The van der Waals surface area contributed by atoms with Crippen LogP contribution >= 0.6 is 0 Å². The Labute approximate surface area is 160 Å². The fraction of sp³-hybridized carbons (Fsp3) is 0.435. The highest BCUT2D eigenvalue weighted by molar-refractivity contribution is 5.79. The van der Waals surface area contributed by atoms with Gasteiger partial charge in [-0.1, -0.05) is 67.8 Å². The number of aliphatic hydroxyl groups excluding tert-OH is 1. The fourth-order valence-electron chi connectivity index (χ4n) is 4.31. The van der Waals surface area contributed by atoms with E-state index < -0.39 is 0 Å². The second-order valence-corrected chi connectivity index (χ2v) is 7.78. The van der Waals surface area contributed by atoms with Gasteiger partial charge in [0, 0.05) is 13.0 Å². The highest BCUT2D eigenvalue weighted by atomic mass is 16.6. The zero-order chi connectivity index (χ0) is 18.8. The lowest BCUT2D eigenvalue weighted by molar-refractivity contribution is 0.0664. The summed E-state index contributed by atoms with van der Waals surface area (Å²) in [5.74, 6) is 0.694. The van der Waals surface area contributed by atoms with Gasteiger partial charge in [0.1, 0.15) is 6.61 Å². The Kier molecular flexibility index (Phi) is 5.17. The maximum Gasteiger partial charge on any atom is 0.409 e. The van der Waals surface area contributed by atoms with Gasteiger partial charge in [0.2, 0.25) is 0 Å². The third-order valence-electron chi connectivity index (χ3n) is 6.21. The maximum atomic E-state index is 12.6. The molecule has 2 aliphatic rings. The Morgan fingerprint density at radius 3 is 2.22 bits per heavy atom. The molecular formula is C23H27NO3. The Hall–Kier alpha value is -2.33. The van der Waals surface area contributed by atoms with Crippen LogP contribution in [0.15, 0.2) is 48.5 Å². The van der Waals surface area contributed by atoms with Crippen LogP contribution in [-0.2, 0) is 4.74 Å². The van der Waals surface area contributed by atoms with Crippen LogP contribution in [-0.4, -0.2) is 42.4 Å². The highest BCUT2D eigenvalue weighted by Crippen LogP contribution is 2.44. The molecular weight excluding hydrogens is 338 g/mol. The number of amides is 1. The van der Waals surface area contributed by atoms with E-state index in [1.807, 2.05) is 24.3 Å². The zero-order valence-electron chi connectivity index (χ0n) is 15.8. The molecule has 1 N–H and O–H groups in total. The van der Waals surface area contributed by atoms with E-state index in [4.69, 9.17) is 4.74 Å². The molecule has 4 nitrogen and oxygen atoms in total. The molecule has 0 aliphatic heterocycles. The second-order valence-electron chi connectivity index (χ2n) is 7.78. The zero-order valence-corrected chi connectivity index (χ0v) is 15.8. The van der Waals surface area contributed by atoms with Crippen molar-refractivity contribution in [2.24, 2.45) is 5.92 Å². The van der Waals surface area contributed by atoms with E-state index in [1.165, 1.54) is 41.5 Å². The van der Waals surface area contributed by atoms with E-state index in [1.54, 1.807) is 11.9 Å². The van der Waals surface area contributed by atoms with Crippen molar-refractivity contribution in [3.05, 3.63) is 59.7 Å². The number of likely N-dealkylation sites (N-methyl/N-ethyl adjacent to an activating group) is 1. The molecule has 0 bridgehead atoms. The Bertz CT molecular complexity index is 769. The van der Waals surface area contributed by atoms with Crippen LogP contribution in [0, 0.1) is 5.92 Å². The third kappa shape index (κ3) is 3.46. The fourth-order valence-corrected chi connectivity index (χ4v) is 4.31. The summed E-state index contributed by atoms with van der Waals surface area (Å²) in [5, 5.41) is 9.70. The number of rotatable bonds is 6. The number of fused-ring (bicyclic) bond motifs is 3. The van der Waals surface area contributed by atoms with Crippen LogP contribution < -0.4 is 0 Å². The molecule has 0 radical (unpaired) electrons. The Balaban J connectivity index is 1.44. The molecule has 142 valence electrons. The minimum Gasteiger partial charge on any atom is -0.448 e. The number of hydrogen-bond acceptors (Lipinski definition) is 3. The van der Waals surface area contributed by atoms with Crippen molar-refractivity contribution in [3.8, 4) is 11.1 Å². The maximum absolute atomic E-state index is 12.6. The van der Waals surface area contributed by atoms with Gasteiger partial charge in [-0.2, -0.15) is 0 Å². The van der Waals surface area contributed by atoms with E-state index >= 15 is 0 Å². The SMILES string of the molecule is CN(C(=O)OCC1c2ccccc2-c2ccccc21)C(CO)CC1CCC1. The van der Waals surface area contributed by atoms with Crippen molar-refractivity contribution in [2.45, 2.75) is 37.6 Å². The summed E-state index contributed by atoms with van der Waals surface area (Å²) in [6.07, 6.45) is 4.17. The van der Waals surface area contributed by atoms with Crippen LogP contribution in [0.1, 0.15) is 42.7 Å². The number of nitrogens with zero attached hydrogens (tertiary/aromatic N) is 1. The standard InChI is InChI=1S/C23H27NO3/c1-24(17(14-25)13-16-7-6-8-16)23(26)27-15-22-20-11-4-2-9-18(20)19-10-3-5-12-21(19)22/h2-5,9-12,16-17,22,25H,6-8,13-15H2,1H3. The number of aliphatic hydroxyl groups is 1. The first-order valence-electron chi connectivity index (χ1n) is 9.87. The summed E-state index contributed by atoms with van der Waals surface area (Å²) >= 11 is 0. The van der Waals surface area contributed by atoms with E-state index in [9.17, 15) is 9.90 Å². The van der Waals surface area contributed by atoms with Crippen molar-refractivity contribution in [1.29, 1.82) is 0 Å². The molecule has 4 rings (SSSR count). The molecule has 0 aromatic heterocycles. The van der Waals surface area contributed by atoms with Gasteiger partial charge in [-0.25, -0.2) is 4.79 Å². The summed E-state index contributed by atoms with van der Waals surface area (Å²) in [6.45, 7) is 0.302. The van der Waals surface area contributed by atoms with Crippen LogP contribution in [0.3, 0.4) is 0 Å². The lowest BCUT2D eigenvalue weighted by Gasteiger charge is -2.33. The summed E-state index contributed by atoms with van der Waals surface area (Å²) < 4.78 is 5.69. The first-order chi connectivity index (χ1) is 13.2. The molecule has 1 amide bonds. The van der Waals surface area contributed by atoms with Gasteiger partial charge in [0.05, 0.1) is 12.6 Å². The van der Waals surface area contributed by atoms with E-state index in [-0.39, 0.29) is 24.7 Å². The Morgan fingerprint density at radius 2 is 1.70 bits per heavy atom. The molecule has 1 saturated carbocycles.